The zero-order chi connectivity index (χ0) is 23.7. The first-order valence-electron chi connectivity index (χ1n) is 9.74. The van der Waals surface area contributed by atoms with Crippen LogP contribution < -0.4 is 21.7 Å². The Morgan fingerprint density at radius 1 is 0.935 bits per heavy atom. The molecule has 0 aliphatic rings. The predicted molar refractivity (Wildman–Crippen MR) is 111 cm³/mol. The predicted octanol–water partition coefficient (Wildman–Crippen LogP) is -1.53. The number of aliphatic hydroxyl groups is 1. The van der Waals surface area contributed by atoms with Crippen molar-refractivity contribution >= 4 is 23.7 Å². The molecule has 11 nitrogen and oxygen atoms in total. The molecule has 1 rings (SSSR count). The number of carboxylic acids is 1. The molecule has 0 bridgehead atoms. The number of rotatable bonds is 11. The van der Waals surface area contributed by atoms with Gasteiger partial charge in [0.15, 0.2) is 0 Å². The number of nitrogens with two attached hydrogens (primary N) is 1. The average Bonchev–Trinajstić information content (AvgIpc) is 2.71. The molecular weight excluding hydrogens is 408 g/mol. The first kappa shape index (κ1) is 25.9. The Kier molecular flexibility index (Phi) is 9.90. The minimum absolute atomic E-state index is 0.0222. The van der Waals surface area contributed by atoms with Gasteiger partial charge >= 0.3 is 5.97 Å². The van der Waals surface area contributed by atoms with Crippen LogP contribution in [0.3, 0.4) is 0 Å². The summed E-state index contributed by atoms with van der Waals surface area (Å²) in [6.07, 6.45) is -0.0222. The van der Waals surface area contributed by atoms with Gasteiger partial charge in [-0.25, -0.2) is 4.79 Å². The van der Waals surface area contributed by atoms with Crippen molar-refractivity contribution in [2.45, 2.75) is 51.4 Å². The van der Waals surface area contributed by atoms with Gasteiger partial charge in [0.25, 0.3) is 0 Å². The Labute approximate surface area is 180 Å². The number of nitrogens with one attached hydrogen (secondary N) is 3. The van der Waals surface area contributed by atoms with E-state index in [1.807, 2.05) is 0 Å². The quantitative estimate of drug-likeness (QED) is 0.216. The van der Waals surface area contributed by atoms with Gasteiger partial charge in [-0.05, 0) is 30.5 Å². The van der Waals surface area contributed by atoms with Gasteiger partial charge in [0.2, 0.25) is 17.7 Å². The molecule has 4 unspecified atom stereocenters. The molecule has 3 amide bonds. The smallest absolute Gasteiger partial charge is 0.326 e. The summed E-state index contributed by atoms with van der Waals surface area (Å²) in [6.45, 7) is 4.14. The van der Waals surface area contributed by atoms with Gasteiger partial charge in [0, 0.05) is 6.42 Å². The molecule has 0 aromatic heterocycles. The lowest BCUT2D eigenvalue weighted by molar-refractivity contribution is -0.142. The van der Waals surface area contributed by atoms with Crippen molar-refractivity contribution in [3.05, 3.63) is 29.8 Å². The number of carbonyl (C=O) groups excluding carboxylic acids is 3. The van der Waals surface area contributed by atoms with E-state index in [-0.39, 0.29) is 18.1 Å². The molecule has 0 radical (unpaired) electrons. The summed E-state index contributed by atoms with van der Waals surface area (Å²) in [5.41, 5.74) is 5.98. The van der Waals surface area contributed by atoms with Crippen LogP contribution in [0.1, 0.15) is 26.3 Å². The lowest BCUT2D eigenvalue weighted by Crippen LogP contribution is -2.58. The van der Waals surface area contributed by atoms with Crippen LogP contribution in [-0.4, -0.2) is 69.8 Å². The number of carbonyl (C=O) groups is 4. The Balaban J connectivity index is 2.82. The maximum Gasteiger partial charge on any atom is 0.326 e. The summed E-state index contributed by atoms with van der Waals surface area (Å²) in [5.74, 6) is -3.69. The zero-order valence-electron chi connectivity index (χ0n) is 17.7. The molecule has 4 atom stereocenters. The van der Waals surface area contributed by atoms with Gasteiger partial charge < -0.3 is 37.0 Å². The van der Waals surface area contributed by atoms with E-state index in [0.717, 1.165) is 0 Å². The first-order chi connectivity index (χ1) is 14.5. The first-order valence-corrected chi connectivity index (χ1v) is 9.74. The molecule has 0 aliphatic carbocycles. The molecule has 1 aromatic carbocycles. The van der Waals surface area contributed by atoms with Crippen LogP contribution in [-0.2, 0) is 25.6 Å². The third kappa shape index (κ3) is 8.22. The second kappa shape index (κ2) is 11.9. The van der Waals surface area contributed by atoms with E-state index >= 15 is 0 Å². The van der Waals surface area contributed by atoms with Crippen LogP contribution in [0, 0.1) is 5.92 Å². The number of aliphatic hydroxyl groups excluding tert-OH is 1. The van der Waals surface area contributed by atoms with Gasteiger partial charge in [0.05, 0.1) is 6.61 Å². The molecule has 0 fully saturated rings. The van der Waals surface area contributed by atoms with Crippen molar-refractivity contribution < 1.29 is 34.5 Å². The van der Waals surface area contributed by atoms with Crippen LogP contribution in [0.2, 0.25) is 0 Å². The third-order valence-corrected chi connectivity index (χ3v) is 4.52. The van der Waals surface area contributed by atoms with Crippen LogP contribution in [0.5, 0.6) is 5.75 Å². The van der Waals surface area contributed by atoms with E-state index < -0.39 is 54.5 Å². The second-order valence-electron chi connectivity index (χ2n) is 7.52. The van der Waals surface area contributed by atoms with Gasteiger partial charge in [0.1, 0.15) is 29.9 Å². The van der Waals surface area contributed by atoms with Gasteiger partial charge in [-0.3, -0.25) is 14.4 Å². The van der Waals surface area contributed by atoms with E-state index in [2.05, 4.69) is 16.0 Å². The summed E-state index contributed by atoms with van der Waals surface area (Å²) in [6, 6.07) is 1.37. The summed E-state index contributed by atoms with van der Waals surface area (Å²) in [5, 5.41) is 34.9. The van der Waals surface area contributed by atoms with Crippen LogP contribution in [0.15, 0.2) is 24.3 Å². The highest BCUT2D eigenvalue weighted by molar-refractivity contribution is 5.94. The van der Waals surface area contributed by atoms with Crippen molar-refractivity contribution in [1.29, 1.82) is 0 Å². The van der Waals surface area contributed by atoms with Crippen molar-refractivity contribution in [1.82, 2.24) is 16.0 Å². The number of benzene rings is 1. The fraction of sp³-hybridized carbons (Fsp3) is 0.500. The normalized spacial score (nSPS) is 14.8. The molecule has 0 saturated heterocycles. The van der Waals surface area contributed by atoms with Gasteiger partial charge in [-0.2, -0.15) is 0 Å². The highest BCUT2D eigenvalue weighted by atomic mass is 16.4. The molecule has 0 aliphatic heterocycles. The lowest BCUT2D eigenvalue weighted by Gasteiger charge is -2.26. The summed E-state index contributed by atoms with van der Waals surface area (Å²) >= 11 is 0. The molecule has 0 heterocycles. The number of hydrogen-bond acceptors (Lipinski definition) is 7. The van der Waals surface area contributed by atoms with Crippen LogP contribution >= 0.6 is 0 Å². The summed E-state index contributed by atoms with van der Waals surface area (Å²) < 4.78 is 0. The number of amides is 3. The number of aliphatic carboxylic acids is 1. The topological polar surface area (TPSA) is 191 Å². The Morgan fingerprint density at radius 2 is 1.52 bits per heavy atom. The summed E-state index contributed by atoms with van der Waals surface area (Å²) in [7, 11) is 0. The van der Waals surface area contributed by atoms with Crippen LogP contribution in [0.4, 0.5) is 0 Å². The number of phenols is 1. The molecule has 31 heavy (non-hydrogen) atoms. The van der Waals surface area contributed by atoms with Gasteiger partial charge in [-0.1, -0.05) is 26.0 Å². The SMILES string of the molecule is CC(NC(=O)C(N)CO)C(=O)NC(C(=O)NC(Cc1ccc(O)cc1)C(=O)O)C(C)C. The summed E-state index contributed by atoms with van der Waals surface area (Å²) in [4.78, 5) is 48.4. The fourth-order valence-electron chi connectivity index (χ4n) is 2.61. The van der Waals surface area contributed by atoms with Crippen molar-refractivity contribution in [3.63, 3.8) is 0 Å². The van der Waals surface area contributed by atoms with Crippen molar-refractivity contribution in [2.75, 3.05) is 6.61 Å². The monoisotopic (exact) mass is 438 g/mol. The molecule has 11 heteroatoms. The van der Waals surface area contributed by atoms with Crippen LogP contribution in [0.25, 0.3) is 0 Å². The molecule has 0 spiro atoms. The molecule has 1 aromatic rings. The minimum atomic E-state index is -1.26. The molecule has 0 saturated carbocycles. The number of phenolic OH excluding ortho intramolecular Hbond substituents is 1. The zero-order valence-corrected chi connectivity index (χ0v) is 17.7. The standard InChI is InChI=1S/C20H30N4O7/c1-10(2)16(24-17(27)11(3)22-18(28)14(21)9-25)19(29)23-15(20(30)31)8-12-4-6-13(26)7-5-12/h4-7,10-11,14-16,25-26H,8-9,21H2,1-3H3,(H,22,28)(H,23,29)(H,24,27)(H,30,31). The second-order valence-corrected chi connectivity index (χ2v) is 7.52. The molecular formula is C20H30N4O7. The fourth-order valence-corrected chi connectivity index (χ4v) is 2.61. The van der Waals surface area contributed by atoms with E-state index in [4.69, 9.17) is 10.8 Å². The van der Waals surface area contributed by atoms with E-state index in [9.17, 15) is 29.4 Å². The van der Waals surface area contributed by atoms with E-state index in [1.54, 1.807) is 26.0 Å². The van der Waals surface area contributed by atoms with Gasteiger partial charge in [-0.15, -0.1) is 0 Å². The Hall–Kier alpha value is -3.18. The number of aromatic hydroxyl groups is 1. The highest BCUT2D eigenvalue weighted by Gasteiger charge is 2.30. The molecule has 8 N–H and O–H groups in total. The largest absolute Gasteiger partial charge is 0.508 e. The molecule has 172 valence electrons. The van der Waals surface area contributed by atoms with E-state index in [1.165, 1.54) is 19.1 Å². The highest BCUT2D eigenvalue weighted by Crippen LogP contribution is 2.12. The van der Waals surface area contributed by atoms with Crippen molar-refractivity contribution in [2.24, 2.45) is 11.7 Å². The maximum atomic E-state index is 12.7. The number of hydrogen-bond donors (Lipinski definition) is 7. The third-order valence-electron chi connectivity index (χ3n) is 4.52. The van der Waals surface area contributed by atoms with Crippen molar-refractivity contribution in [3.8, 4) is 5.75 Å². The average molecular weight is 438 g/mol. The lowest BCUT2D eigenvalue weighted by atomic mass is 10.0. The maximum absolute atomic E-state index is 12.7. The van der Waals surface area contributed by atoms with E-state index in [0.29, 0.717) is 5.56 Å². The minimum Gasteiger partial charge on any atom is -0.508 e. The Morgan fingerprint density at radius 3 is 2.00 bits per heavy atom. The number of carboxylic acid groups (broad SMARTS) is 1. The Bertz CT molecular complexity index is 782.